The van der Waals surface area contributed by atoms with Crippen LogP contribution in [0.1, 0.15) is 41.6 Å². The molecule has 1 aromatic carbocycles. The van der Waals surface area contributed by atoms with Crippen LogP contribution < -0.4 is 9.80 Å². The quantitative estimate of drug-likeness (QED) is 0.796. The van der Waals surface area contributed by atoms with Crippen LogP contribution in [0.5, 0.6) is 0 Å². The minimum absolute atomic E-state index is 0.000596. The van der Waals surface area contributed by atoms with Crippen LogP contribution in [0.3, 0.4) is 0 Å². The molecule has 1 aromatic heterocycles. The fraction of sp³-hybridized carbons (Fsp3) is 0.300. The average Bonchev–Trinajstić information content (AvgIpc) is 3.29. The first-order valence-corrected chi connectivity index (χ1v) is 8.85. The molecule has 132 valence electrons. The van der Waals surface area contributed by atoms with Crippen molar-refractivity contribution in [2.75, 3.05) is 22.9 Å². The number of amides is 2. The summed E-state index contributed by atoms with van der Waals surface area (Å²) >= 11 is 0. The van der Waals surface area contributed by atoms with Crippen LogP contribution in [-0.4, -0.2) is 35.7 Å². The lowest BCUT2D eigenvalue weighted by molar-refractivity contribution is -0.117. The zero-order valence-electron chi connectivity index (χ0n) is 14.4. The Morgan fingerprint density at radius 3 is 2.15 bits per heavy atom. The first-order valence-electron chi connectivity index (χ1n) is 8.85. The molecular formula is C20H19N3O3. The standard InChI is InChI=1S/C20H19N3O3/c24-17-5-2-12-22(17)15-9-7-14(8-10-15)19(26)16-4-1-11-21-20(16)23-13-3-6-18(23)25/h1,4,7-11H,2-3,5-6,12-13H2. The van der Waals surface area contributed by atoms with Gasteiger partial charge in [-0.2, -0.15) is 0 Å². The van der Waals surface area contributed by atoms with Crippen molar-refractivity contribution in [3.8, 4) is 0 Å². The minimum Gasteiger partial charge on any atom is -0.312 e. The molecule has 0 unspecified atom stereocenters. The third-order valence-electron chi connectivity index (χ3n) is 4.87. The van der Waals surface area contributed by atoms with E-state index in [-0.39, 0.29) is 17.6 Å². The van der Waals surface area contributed by atoms with Gasteiger partial charge in [0.05, 0.1) is 5.56 Å². The normalized spacial score (nSPS) is 17.2. The zero-order chi connectivity index (χ0) is 18.1. The second-order valence-corrected chi connectivity index (χ2v) is 6.55. The Kier molecular flexibility index (Phi) is 4.24. The maximum Gasteiger partial charge on any atom is 0.228 e. The monoisotopic (exact) mass is 349 g/mol. The van der Waals surface area contributed by atoms with E-state index in [4.69, 9.17) is 0 Å². The molecule has 0 atom stereocenters. The molecule has 2 aromatic rings. The van der Waals surface area contributed by atoms with Crippen molar-refractivity contribution in [3.05, 3.63) is 53.7 Å². The second-order valence-electron chi connectivity index (χ2n) is 6.55. The van der Waals surface area contributed by atoms with E-state index in [9.17, 15) is 14.4 Å². The maximum atomic E-state index is 13.0. The molecule has 0 saturated carbocycles. The molecule has 2 amide bonds. The molecular weight excluding hydrogens is 330 g/mol. The predicted molar refractivity (Wildman–Crippen MR) is 97.3 cm³/mol. The van der Waals surface area contributed by atoms with Crippen molar-refractivity contribution in [1.82, 2.24) is 4.98 Å². The molecule has 6 nitrogen and oxygen atoms in total. The Hall–Kier alpha value is -3.02. The summed E-state index contributed by atoms with van der Waals surface area (Å²) in [5, 5.41) is 0. The van der Waals surface area contributed by atoms with E-state index >= 15 is 0 Å². The lowest BCUT2D eigenvalue weighted by Crippen LogP contribution is -2.27. The van der Waals surface area contributed by atoms with Crippen LogP contribution in [0.25, 0.3) is 0 Å². The summed E-state index contributed by atoms with van der Waals surface area (Å²) in [6.45, 7) is 1.31. The van der Waals surface area contributed by atoms with Crippen LogP contribution in [0.4, 0.5) is 11.5 Å². The third kappa shape index (κ3) is 2.87. The summed E-state index contributed by atoms with van der Waals surface area (Å²) in [6, 6.07) is 10.5. The number of benzene rings is 1. The Morgan fingerprint density at radius 2 is 1.54 bits per heavy atom. The third-order valence-corrected chi connectivity index (χ3v) is 4.87. The highest BCUT2D eigenvalue weighted by Gasteiger charge is 2.27. The molecule has 0 spiro atoms. The van der Waals surface area contributed by atoms with Crippen LogP contribution >= 0.6 is 0 Å². The average molecular weight is 349 g/mol. The van der Waals surface area contributed by atoms with Gasteiger partial charge in [0.15, 0.2) is 5.78 Å². The molecule has 2 aliphatic heterocycles. The van der Waals surface area contributed by atoms with E-state index in [1.165, 1.54) is 0 Å². The summed E-state index contributed by atoms with van der Waals surface area (Å²) < 4.78 is 0. The van der Waals surface area contributed by atoms with Crippen LogP contribution in [-0.2, 0) is 9.59 Å². The zero-order valence-corrected chi connectivity index (χ0v) is 14.4. The van der Waals surface area contributed by atoms with Gasteiger partial charge in [-0.3, -0.25) is 19.3 Å². The van der Waals surface area contributed by atoms with Crippen LogP contribution in [0.15, 0.2) is 42.6 Å². The van der Waals surface area contributed by atoms with E-state index < -0.39 is 0 Å². The number of carbonyl (C=O) groups is 3. The van der Waals surface area contributed by atoms with E-state index in [2.05, 4.69) is 4.98 Å². The SMILES string of the molecule is O=C(c1ccc(N2CCCC2=O)cc1)c1cccnc1N1CCCC1=O. The molecule has 0 radical (unpaired) electrons. The molecule has 26 heavy (non-hydrogen) atoms. The number of anilines is 2. The van der Waals surface area contributed by atoms with Gasteiger partial charge in [0.25, 0.3) is 0 Å². The second kappa shape index (κ2) is 6.71. The molecule has 2 fully saturated rings. The Bertz CT molecular complexity index is 876. The van der Waals surface area contributed by atoms with Gasteiger partial charge in [-0.25, -0.2) is 4.98 Å². The number of hydrogen-bond acceptors (Lipinski definition) is 4. The summed E-state index contributed by atoms with van der Waals surface area (Å²) in [7, 11) is 0. The number of rotatable bonds is 4. The molecule has 2 saturated heterocycles. The molecule has 3 heterocycles. The summed E-state index contributed by atoms with van der Waals surface area (Å²) in [5.41, 5.74) is 1.75. The number of aromatic nitrogens is 1. The maximum absolute atomic E-state index is 13.0. The van der Waals surface area contributed by atoms with Crippen molar-refractivity contribution in [1.29, 1.82) is 0 Å². The van der Waals surface area contributed by atoms with Gasteiger partial charge < -0.3 is 4.90 Å². The van der Waals surface area contributed by atoms with Crippen LogP contribution in [0, 0.1) is 0 Å². The first-order chi connectivity index (χ1) is 12.6. The fourth-order valence-electron chi connectivity index (χ4n) is 3.53. The number of pyridine rings is 1. The van der Waals surface area contributed by atoms with Gasteiger partial charge in [-0.15, -0.1) is 0 Å². The number of nitrogens with zero attached hydrogens (tertiary/aromatic N) is 3. The van der Waals surface area contributed by atoms with Gasteiger partial charge in [-0.05, 0) is 49.2 Å². The molecule has 0 N–H and O–H groups in total. The van der Waals surface area contributed by atoms with Gasteiger partial charge in [0.2, 0.25) is 11.8 Å². The smallest absolute Gasteiger partial charge is 0.228 e. The summed E-state index contributed by atoms with van der Waals surface area (Å²) in [4.78, 5) is 44.5. The predicted octanol–water partition coefficient (Wildman–Crippen LogP) is 2.57. The molecule has 2 aliphatic rings. The first kappa shape index (κ1) is 16.4. The van der Waals surface area contributed by atoms with E-state index in [0.717, 1.165) is 25.1 Å². The lowest BCUT2D eigenvalue weighted by Gasteiger charge is -2.18. The Labute approximate surface area is 151 Å². The number of hydrogen-bond donors (Lipinski definition) is 0. The van der Waals surface area contributed by atoms with Crippen molar-refractivity contribution >= 4 is 29.1 Å². The highest BCUT2D eigenvalue weighted by atomic mass is 16.2. The van der Waals surface area contributed by atoms with Gasteiger partial charge in [-0.1, -0.05) is 0 Å². The van der Waals surface area contributed by atoms with E-state index in [1.54, 1.807) is 52.4 Å². The topological polar surface area (TPSA) is 70.6 Å². The van der Waals surface area contributed by atoms with Gasteiger partial charge in [0, 0.05) is 43.4 Å². The van der Waals surface area contributed by atoms with Crippen molar-refractivity contribution in [2.24, 2.45) is 0 Å². The van der Waals surface area contributed by atoms with Crippen molar-refractivity contribution in [3.63, 3.8) is 0 Å². The van der Waals surface area contributed by atoms with Gasteiger partial charge in [0.1, 0.15) is 5.82 Å². The molecule has 4 rings (SSSR count). The molecule has 0 bridgehead atoms. The Balaban J connectivity index is 1.62. The Morgan fingerprint density at radius 1 is 0.885 bits per heavy atom. The number of ketones is 1. The highest BCUT2D eigenvalue weighted by Crippen LogP contribution is 2.27. The largest absolute Gasteiger partial charge is 0.312 e. The van der Waals surface area contributed by atoms with E-state index in [1.807, 2.05) is 0 Å². The lowest BCUT2D eigenvalue weighted by atomic mass is 10.0. The summed E-state index contributed by atoms with van der Waals surface area (Å²) in [5.74, 6) is 0.373. The van der Waals surface area contributed by atoms with Crippen molar-refractivity contribution in [2.45, 2.75) is 25.7 Å². The highest BCUT2D eigenvalue weighted by molar-refractivity contribution is 6.14. The molecule has 6 heteroatoms. The summed E-state index contributed by atoms with van der Waals surface area (Å²) in [6.07, 6.45) is 4.30. The van der Waals surface area contributed by atoms with Crippen LogP contribution in [0.2, 0.25) is 0 Å². The minimum atomic E-state index is -0.174. The van der Waals surface area contributed by atoms with Crippen molar-refractivity contribution < 1.29 is 14.4 Å². The van der Waals surface area contributed by atoms with E-state index in [0.29, 0.717) is 36.3 Å². The van der Waals surface area contributed by atoms with Gasteiger partial charge >= 0.3 is 0 Å². The molecule has 0 aliphatic carbocycles. The fourth-order valence-corrected chi connectivity index (χ4v) is 3.53. The number of carbonyl (C=O) groups excluding carboxylic acids is 3.